The second-order valence-corrected chi connectivity index (χ2v) is 2.25. The van der Waals surface area contributed by atoms with Gasteiger partial charge in [0.25, 0.3) is 0 Å². The van der Waals surface area contributed by atoms with Crippen molar-refractivity contribution in [2.75, 3.05) is 0 Å². The first kappa shape index (κ1) is 8.47. The van der Waals surface area contributed by atoms with Gasteiger partial charge in [0, 0.05) is 6.42 Å². The van der Waals surface area contributed by atoms with Crippen LogP contribution in [-0.4, -0.2) is 11.1 Å². The fraction of sp³-hybridized carbons (Fsp3) is 0.714. The first-order valence-corrected chi connectivity index (χ1v) is 3.21. The standard InChI is InChI=1S/C7H13O2/c1-3-4-6(2)5-7(8)9/h6H,2-5H2,1H3,(H,8,9). The lowest BCUT2D eigenvalue weighted by atomic mass is 10.0. The number of carboxylic acid groups (broad SMARTS) is 1. The lowest BCUT2D eigenvalue weighted by Gasteiger charge is -2.03. The summed E-state index contributed by atoms with van der Waals surface area (Å²) in [7, 11) is 0. The molecule has 9 heavy (non-hydrogen) atoms. The van der Waals surface area contributed by atoms with Crippen LogP contribution in [0.3, 0.4) is 0 Å². The van der Waals surface area contributed by atoms with E-state index < -0.39 is 5.97 Å². The molecule has 0 aliphatic carbocycles. The number of hydrogen-bond acceptors (Lipinski definition) is 1. The highest BCUT2D eigenvalue weighted by Gasteiger charge is 2.04. The molecule has 2 nitrogen and oxygen atoms in total. The Labute approximate surface area is 55.9 Å². The fourth-order valence-corrected chi connectivity index (χ4v) is 0.757. The molecule has 0 rings (SSSR count). The van der Waals surface area contributed by atoms with Gasteiger partial charge in [-0.2, -0.15) is 0 Å². The zero-order valence-corrected chi connectivity index (χ0v) is 5.76. The van der Waals surface area contributed by atoms with E-state index >= 15 is 0 Å². The van der Waals surface area contributed by atoms with E-state index in [1.165, 1.54) is 0 Å². The molecule has 0 fully saturated rings. The third-order valence-corrected chi connectivity index (χ3v) is 1.16. The molecule has 0 amide bonds. The first-order valence-electron chi connectivity index (χ1n) is 3.21. The van der Waals surface area contributed by atoms with Crippen LogP contribution in [0.1, 0.15) is 26.2 Å². The summed E-state index contributed by atoms with van der Waals surface area (Å²) in [5.41, 5.74) is 0. The molecule has 0 saturated heterocycles. The third kappa shape index (κ3) is 5.34. The van der Waals surface area contributed by atoms with Gasteiger partial charge in [0.05, 0.1) is 0 Å². The van der Waals surface area contributed by atoms with Gasteiger partial charge in [0.2, 0.25) is 0 Å². The summed E-state index contributed by atoms with van der Waals surface area (Å²) in [6, 6.07) is 0. The molecule has 0 bridgehead atoms. The average Bonchev–Trinajstić information content (AvgIpc) is 1.63. The highest BCUT2D eigenvalue weighted by molar-refractivity contribution is 5.67. The lowest BCUT2D eigenvalue weighted by molar-refractivity contribution is -0.137. The first-order chi connectivity index (χ1) is 4.16. The third-order valence-electron chi connectivity index (χ3n) is 1.16. The van der Waals surface area contributed by atoms with E-state index in [9.17, 15) is 4.79 Å². The minimum absolute atomic E-state index is 0.0903. The molecule has 0 aromatic rings. The Kier molecular flexibility index (Phi) is 4.10. The van der Waals surface area contributed by atoms with Gasteiger partial charge in [-0.3, -0.25) is 4.79 Å². The highest BCUT2D eigenvalue weighted by Crippen LogP contribution is 2.08. The Hall–Kier alpha value is -0.530. The predicted molar refractivity (Wildman–Crippen MR) is 36.0 cm³/mol. The summed E-state index contributed by atoms with van der Waals surface area (Å²) >= 11 is 0. The van der Waals surface area contributed by atoms with E-state index in [1.807, 2.05) is 6.92 Å². The second kappa shape index (κ2) is 4.36. The van der Waals surface area contributed by atoms with Crippen LogP contribution in [0.15, 0.2) is 0 Å². The summed E-state index contributed by atoms with van der Waals surface area (Å²) in [6.07, 6.45) is 2.13. The number of carboxylic acids is 1. The molecule has 0 aromatic carbocycles. The molecule has 1 atom stereocenters. The Morgan fingerprint density at radius 2 is 2.33 bits per heavy atom. The summed E-state index contributed by atoms with van der Waals surface area (Å²) in [6.45, 7) is 5.71. The van der Waals surface area contributed by atoms with Crippen molar-refractivity contribution in [3.8, 4) is 0 Å². The summed E-state index contributed by atoms with van der Waals surface area (Å²) < 4.78 is 0. The number of carbonyl (C=O) groups is 1. The number of hydrogen-bond donors (Lipinski definition) is 1. The van der Waals surface area contributed by atoms with Crippen molar-refractivity contribution in [3.05, 3.63) is 6.92 Å². The molecule has 0 aliphatic heterocycles. The van der Waals surface area contributed by atoms with E-state index in [0.29, 0.717) is 0 Å². The molecule has 0 saturated carbocycles. The topological polar surface area (TPSA) is 37.3 Å². The van der Waals surface area contributed by atoms with E-state index in [0.717, 1.165) is 12.8 Å². The molecule has 0 aliphatic rings. The predicted octanol–water partition coefficient (Wildman–Crippen LogP) is 1.71. The van der Waals surface area contributed by atoms with Crippen molar-refractivity contribution < 1.29 is 9.90 Å². The Morgan fingerprint density at radius 1 is 1.78 bits per heavy atom. The molecule has 0 aromatic heterocycles. The van der Waals surface area contributed by atoms with Crippen LogP contribution in [0, 0.1) is 12.8 Å². The smallest absolute Gasteiger partial charge is 0.303 e. The van der Waals surface area contributed by atoms with Crippen molar-refractivity contribution in [1.82, 2.24) is 0 Å². The molecule has 1 unspecified atom stereocenters. The van der Waals surface area contributed by atoms with Gasteiger partial charge in [0.15, 0.2) is 0 Å². The Balaban J connectivity index is 3.26. The van der Waals surface area contributed by atoms with Gasteiger partial charge in [-0.15, -0.1) is 0 Å². The van der Waals surface area contributed by atoms with E-state index in [1.54, 1.807) is 0 Å². The minimum Gasteiger partial charge on any atom is -0.481 e. The van der Waals surface area contributed by atoms with Crippen LogP contribution >= 0.6 is 0 Å². The summed E-state index contributed by atoms with van der Waals surface area (Å²) in [4.78, 5) is 10.0. The van der Waals surface area contributed by atoms with Crippen molar-refractivity contribution in [2.24, 2.45) is 5.92 Å². The van der Waals surface area contributed by atoms with Crippen molar-refractivity contribution in [3.63, 3.8) is 0 Å². The Bertz CT molecular complexity index is 88.9. The normalized spacial score (nSPS) is 13.1. The van der Waals surface area contributed by atoms with E-state index in [-0.39, 0.29) is 12.3 Å². The van der Waals surface area contributed by atoms with E-state index in [4.69, 9.17) is 5.11 Å². The molecule has 1 N–H and O–H groups in total. The molecule has 0 spiro atoms. The van der Waals surface area contributed by atoms with Gasteiger partial charge >= 0.3 is 5.97 Å². The minimum atomic E-state index is -0.747. The maximum atomic E-state index is 10.0. The monoisotopic (exact) mass is 129 g/mol. The lowest BCUT2D eigenvalue weighted by Crippen LogP contribution is -2.03. The van der Waals surface area contributed by atoms with Crippen LogP contribution < -0.4 is 0 Å². The second-order valence-electron chi connectivity index (χ2n) is 2.25. The van der Waals surface area contributed by atoms with Crippen LogP contribution in [0.5, 0.6) is 0 Å². The maximum Gasteiger partial charge on any atom is 0.303 e. The highest BCUT2D eigenvalue weighted by atomic mass is 16.4. The van der Waals surface area contributed by atoms with Crippen molar-refractivity contribution >= 4 is 5.97 Å². The molecule has 1 radical (unpaired) electrons. The molecule has 2 heteroatoms. The van der Waals surface area contributed by atoms with Gasteiger partial charge in [0.1, 0.15) is 0 Å². The number of rotatable bonds is 4. The molecular formula is C7H13O2. The zero-order chi connectivity index (χ0) is 7.28. The molecular weight excluding hydrogens is 116 g/mol. The average molecular weight is 129 g/mol. The summed E-state index contributed by atoms with van der Waals surface area (Å²) in [5, 5.41) is 8.27. The SMILES string of the molecule is [CH2]C(CCC)CC(=O)O. The van der Waals surface area contributed by atoms with Crippen LogP contribution in [0.2, 0.25) is 0 Å². The number of aliphatic carboxylic acids is 1. The van der Waals surface area contributed by atoms with Gasteiger partial charge < -0.3 is 5.11 Å². The van der Waals surface area contributed by atoms with Crippen molar-refractivity contribution in [1.29, 1.82) is 0 Å². The zero-order valence-electron chi connectivity index (χ0n) is 5.76. The van der Waals surface area contributed by atoms with Crippen LogP contribution in [0.25, 0.3) is 0 Å². The van der Waals surface area contributed by atoms with Gasteiger partial charge in [-0.1, -0.05) is 19.8 Å². The Morgan fingerprint density at radius 3 is 2.67 bits per heavy atom. The maximum absolute atomic E-state index is 10.0. The van der Waals surface area contributed by atoms with Crippen LogP contribution in [-0.2, 0) is 4.79 Å². The van der Waals surface area contributed by atoms with Crippen LogP contribution in [0.4, 0.5) is 0 Å². The van der Waals surface area contributed by atoms with E-state index in [2.05, 4.69) is 6.92 Å². The largest absolute Gasteiger partial charge is 0.481 e. The van der Waals surface area contributed by atoms with Gasteiger partial charge in [-0.05, 0) is 12.8 Å². The quantitative estimate of drug-likeness (QED) is 0.627. The fourth-order valence-electron chi connectivity index (χ4n) is 0.757. The molecule has 0 heterocycles. The van der Waals surface area contributed by atoms with Crippen molar-refractivity contribution in [2.45, 2.75) is 26.2 Å². The summed E-state index contributed by atoms with van der Waals surface area (Å²) in [5.74, 6) is -0.657. The van der Waals surface area contributed by atoms with Gasteiger partial charge in [-0.25, -0.2) is 0 Å². The molecule has 53 valence electrons.